The number of nitrogens with one attached hydrogen (secondary N) is 1. The molecule has 0 fully saturated rings. The Labute approximate surface area is 127 Å². The molecule has 21 heavy (non-hydrogen) atoms. The Hall–Kier alpha value is -2.21. The van der Waals surface area contributed by atoms with E-state index in [0.29, 0.717) is 16.9 Å². The Morgan fingerprint density at radius 1 is 1.33 bits per heavy atom. The summed E-state index contributed by atoms with van der Waals surface area (Å²) in [6.45, 7) is 1.94. The zero-order chi connectivity index (χ0) is 15.1. The van der Waals surface area contributed by atoms with Gasteiger partial charge in [0.2, 0.25) is 0 Å². The highest BCUT2D eigenvalue weighted by Gasteiger charge is 2.15. The number of halogens is 2. The van der Waals surface area contributed by atoms with Crippen LogP contribution in [0.5, 0.6) is 0 Å². The van der Waals surface area contributed by atoms with Crippen LogP contribution in [0.4, 0.5) is 4.39 Å². The van der Waals surface area contributed by atoms with E-state index in [0.717, 1.165) is 21.7 Å². The van der Waals surface area contributed by atoms with E-state index in [4.69, 9.17) is 5.11 Å². The Morgan fingerprint density at radius 3 is 2.81 bits per heavy atom. The molecular formula is C15H10BrFN2O2. The van der Waals surface area contributed by atoms with Crippen molar-refractivity contribution in [3.63, 3.8) is 0 Å². The van der Waals surface area contributed by atoms with Crippen molar-refractivity contribution in [2.45, 2.75) is 6.92 Å². The highest BCUT2D eigenvalue weighted by molar-refractivity contribution is 9.10. The molecule has 0 amide bonds. The average molecular weight is 349 g/mol. The molecule has 0 unspecified atom stereocenters. The first-order valence-electron chi connectivity index (χ1n) is 6.15. The summed E-state index contributed by atoms with van der Waals surface area (Å²) in [7, 11) is 0. The van der Waals surface area contributed by atoms with Gasteiger partial charge in [0.15, 0.2) is 0 Å². The molecule has 0 saturated heterocycles. The van der Waals surface area contributed by atoms with Crippen LogP contribution in [0, 0.1) is 12.7 Å². The van der Waals surface area contributed by atoms with Gasteiger partial charge in [0.05, 0.1) is 16.6 Å². The maximum atomic E-state index is 13.7. The topological polar surface area (TPSA) is 66.0 Å². The summed E-state index contributed by atoms with van der Waals surface area (Å²) in [6.07, 6.45) is 0. The van der Waals surface area contributed by atoms with Crippen molar-refractivity contribution < 1.29 is 14.3 Å². The molecule has 1 heterocycles. The molecule has 106 valence electrons. The van der Waals surface area contributed by atoms with Crippen molar-refractivity contribution in [3.8, 4) is 11.4 Å². The standard InChI is InChI=1S/C15H10BrFN2O2/c1-7-2-3-8(16)4-9(7)14-18-12-5-10(15(20)21)11(17)6-13(12)19-14/h2-6H,1H3,(H,18,19)(H,20,21). The molecule has 4 nitrogen and oxygen atoms in total. The molecule has 3 aromatic rings. The van der Waals surface area contributed by atoms with Crippen molar-refractivity contribution in [3.05, 3.63) is 51.7 Å². The second-order valence-electron chi connectivity index (χ2n) is 4.70. The highest BCUT2D eigenvalue weighted by Crippen LogP contribution is 2.27. The summed E-state index contributed by atoms with van der Waals surface area (Å²) in [5, 5.41) is 8.95. The molecule has 0 aliphatic carbocycles. The Kier molecular flexibility index (Phi) is 3.25. The lowest BCUT2D eigenvalue weighted by atomic mass is 10.1. The second kappa shape index (κ2) is 4.96. The van der Waals surface area contributed by atoms with Crippen molar-refractivity contribution in [2.24, 2.45) is 0 Å². The molecule has 6 heteroatoms. The molecule has 0 radical (unpaired) electrons. The van der Waals surface area contributed by atoms with Gasteiger partial charge in [-0.25, -0.2) is 14.2 Å². The first-order valence-corrected chi connectivity index (χ1v) is 6.94. The smallest absolute Gasteiger partial charge is 0.338 e. The van der Waals surface area contributed by atoms with Crippen molar-refractivity contribution in [1.82, 2.24) is 9.97 Å². The third kappa shape index (κ3) is 2.42. The molecule has 0 aliphatic heterocycles. The van der Waals surface area contributed by atoms with Gasteiger partial charge in [-0.15, -0.1) is 0 Å². The molecule has 2 N–H and O–H groups in total. The van der Waals surface area contributed by atoms with E-state index in [2.05, 4.69) is 25.9 Å². The summed E-state index contributed by atoms with van der Waals surface area (Å²) in [4.78, 5) is 18.3. The first kappa shape index (κ1) is 13.8. The lowest BCUT2D eigenvalue weighted by molar-refractivity contribution is 0.0692. The van der Waals surface area contributed by atoms with Crippen LogP contribution in [0.2, 0.25) is 0 Å². The molecule has 2 aromatic carbocycles. The normalized spacial score (nSPS) is 11.0. The van der Waals surface area contributed by atoms with Gasteiger partial charge in [-0.05, 0) is 30.7 Å². The monoisotopic (exact) mass is 348 g/mol. The number of nitrogens with zero attached hydrogens (tertiary/aromatic N) is 1. The molecule has 0 saturated carbocycles. The van der Waals surface area contributed by atoms with Crippen LogP contribution in [-0.2, 0) is 0 Å². The number of benzene rings is 2. The van der Waals surface area contributed by atoms with Gasteiger partial charge in [-0.2, -0.15) is 0 Å². The number of H-pyrrole nitrogens is 1. The van der Waals surface area contributed by atoms with Crippen LogP contribution in [0.1, 0.15) is 15.9 Å². The second-order valence-corrected chi connectivity index (χ2v) is 5.61. The average Bonchev–Trinajstić information content (AvgIpc) is 2.82. The number of fused-ring (bicyclic) bond motifs is 1. The Bertz CT molecular complexity index is 873. The Balaban J connectivity index is 2.21. The number of imidazole rings is 1. The Morgan fingerprint density at radius 2 is 2.10 bits per heavy atom. The molecule has 0 bridgehead atoms. The van der Waals surface area contributed by atoms with Gasteiger partial charge < -0.3 is 10.1 Å². The van der Waals surface area contributed by atoms with Crippen molar-refractivity contribution in [1.29, 1.82) is 0 Å². The molecular weight excluding hydrogens is 339 g/mol. The van der Waals surface area contributed by atoms with E-state index in [1.807, 2.05) is 25.1 Å². The lowest BCUT2D eigenvalue weighted by Gasteiger charge is -2.02. The van der Waals surface area contributed by atoms with Crippen LogP contribution in [0.3, 0.4) is 0 Å². The van der Waals surface area contributed by atoms with Crippen LogP contribution < -0.4 is 0 Å². The summed E-state index contributed by atoms with van der Waals surface area (Å²) in [6, 6.07) is 8.16. The molecule has 0 atom stereocenters. The van der Waals surface area contributed by atoms with Crippen molar-refractivity contribution in [2.75, 3.05) is 0 Å². The number of aromatic amines is 1. The van der Waals surface area contributed by atoms with E-state index in [9.17, 15) is 9.18 Å². The third-order valence-electron chi connectivity index (χ3n) is 3.26. The number of aromatic nitrogens is 2. The van der Waals surface area contributed by atoms with Gasteiger partial charge in [-0.1, -0.05) is 22.0 Å². The summed E-state index contributed by atoms with van der Waals surface area (Å²) >= 11 is 3.40. The minimum atomic E-state index is -1.31. The van der Waals surface area contributed by atoms with Crippen LogP contribution in [0.15, 0.2) is 34.8 Å². The van der Waals surface area contributed by atoms with Crippen LogP contribution >= 0.6 is 15.9 Å². The van der Waals surface area contributed by atoms with Gasteiger partial charge >= 0.3 is 5.97 Å². The van der Waals surface area contributed by atoms with E-state index in [-0.39, 0.29) is 5.56 Å². The minimum Gasteiger partial charge on any atom is -0.478 e. The summed E-state index contributed by atoms with van der Waals surface area (Å²) < 4.78 is 14.6. The predicted octanol–water partition coefficient (Wildman–Crippen LogP) is 4.14. The predicted molar refractivity (Wildman–Crippen MR) is 80.9 cm³/mol. The number of hydrogen-bond donors (Lipinski definition) is 2. The fraction of sp³-hybridized carbons (Fsp3) is 0.0667. The summed E-state index contributed by atoms with van der Waals surface area (Å²) in [5.74, 6) is -1.51. The molecule has 1 aromatic heterocycles. The maximum Gasteiger partial charge on any atom is 0.338 e. The fourth-order valence-electron chi connectivity index (χ4n) is 2.17. The minimum absolute atomic E-state index is 0.383. The number of carbonyl (C=O) groups is 1. The maximum absolute atomic E-state index is 13.7. The van der Waals surface area contributed by atoms with E-state index in [1.165, 1.54) is 6.07 Å². The quantitative estimate of drug-likeness (QED) is 0.731. The van der Waals surface area contributed by atoms with E-state index < -0.39 is 11.8 Å². The number of rotatable bonds is 2. The zero-order valence-corrected chi connectivity index (χ0v) is 12.5. The van der Waals surface area contributed by atoms with Crippen LogP contribution in [-0.4, -0.2) is 21.0 Å². The van der Waals surface area contributed by atoms with E-state index >= 15 is 0 Å². The molecule has 0 spiro atoms. The zero-order valence-electron chi connectivity index (χ0n) is 10.9. The van der Waals surface area contributed by atoms with Crippen LogP contribution in [0.25, 0.3) is 22.4 Å². The largest absolute Gasteiger partial charge is 0.478 e. The highest BCUT2D eigenvalue weighted by atomic mass is 79.9. The fourth-order valence-corrected chi connectivity index (χ4v) is 2.53. The van der Waals surface area contributed by atoms with Gasteiger partial charge in [0, 0.05) is 16.1 Å². The summed E-state index contributed by atoms with van der Waals surface area (Å²) in [5.41, 5.74) is 2.38. The molecule has 0 aliphatic rings. The van der Waals surface area contributed by atoms with Gasteiger partial charge in [0.25, 0.3) is 0 Å². The first-order chi connectivity index (χ1) is 9.95. The van der Waals surface area contributed by atoms with Gasteiger partial charge in [0.1, 0.15) is 11.6 Å². The number of hydrogen-bond acceptors (Lipinski definition) is 2. The van der Waals surface area contributed by atoms with Crippen molar-refractivity contribution >= 4 is 32.9 Å². The number of aromatic carboxylic acids is 1. The third-order valence-corrected chi connectivity index (χ3v) is 3.75. The number of carboxylic acids is 1. The molecule has 3 rings (SSSR count). The van der Waals surface area contributed by atoms with E-state index in [1.54, 1.807) is 0 Å². The SMILES string of the molecule is Cc1ccc(Br)cc1-c1nc2cc(C(=O)O)c(F)cc2[nH]1. The lowest BCUT2D eigenvalue weighted by Crippen LogP contribution is -1.99. The van der Waals surface area contributed by atoms with Gasteiger partial charge in [-0.3, -0.25) is 0 Å². The number of carboxylic acid groups (broad SMARTS) is 1. The number of aryl methyl sites for hydroxylation is 1.